The van der Waals surface area contributed by atoms with Gasteiger partial charge in [0.2, 0.25) is 0 Å². The van der Waals surface area contributed by atoms with Gasteiger partial charge < -0.3 is 4.74 Å². The fourth-order valence-corrected chi connectivity index (χ4v) is 3.32. The number of alkyl halides is 2. The topological polar surface area (TPSA) is 29.5 Å². The Morgan fingerprint density at radius 3 is 2.17 bits per heavy atom. The molecule has 0 radical (unpaired) electrons. The second-order valence-corrected chi connectivity index (χ2v) is 6.47. The molecule has 2 aromatic rings. The molecule has 0 aliphatic carbocycles. The first-order chi connectivity index (χ1) is 13.6. The molecule has 0 saturated carbocycles. The number of carbonyl (C=O) groups is 1. The van der Waals surface area contributed by atoms with Crippen molar-refractivity contribution in [1.82, 2.24) is 0 Å². The maximum atomic E-state index is 15.1. The van der Waals surface area contributed by atoms with E-state index in [-0.39, 0.29) is 4.90 Å². The number of fused-ring (bicyclic) bond motifs is 1. The molecule has 0 aromatic heterocycles. The van der Waals surface area contributed by atoms with Crippen LogP contribution in [0.1, 0.15) is 0 Å². The Bertz CT molecular complexity index is 1050. The van der Waals surface area contributed by atoms with Crippen LogP contribution in [0.5, 0.6) is 5.75 Å². The number of hydrogen-bond donors (Lipinski definition) is 0. The summed E-state index contributed by atoms with van der Waals surface area (Å²) in [5.74, 6) is -9.95. The average Bonchev–Trinajstić information content (AvgIpc) is 2.66. The van der Waals surface area contributed by atoms with Crippen LogP contribution in [0.2, 0.25) is 0 Å². The Morgan fingerprint density at radius 2 is 1.66 bits per heavy atom. The van der Waals surface area contributed by atoms with Crippen molar-refractivity contribution < 1.29 is 40.3 Å². The molecule has 1 aliphatic rings. The number of carbonyl (C=O) groups excluding carboxylic acids is 1. The fraction of sp³-hybridized carbons (Fsp3) is 0.167. The lowest BCUT2D eigenvalue weighted by Crippen LogP contribution is -2.51. The number of amides is 1. The number of thioether (sulfide) groups is 1. The Hall–Kier alpha value is -2.87. The third kappa shape index (κ3) is 3.07. The third-order valence-corrected chi connectivity index (χ3v) is 4.79. The average molecular weight is 435 g/mol. The molecule has 11 heteroatoms. The number of hydrogen-bond acceptors (Lipinski definition) is 3. The minimum atomic E-state index is -4.37. The Morgan fingerprint density at radius 1 is 1.07 bits per heavy atom. The zero-order valence-electron chi connectivity index (χ0n) is 14.3. The molecule has 0 fully saturated rings. The molecule has 0 bridgehead atoms. The third-order valence-electron chi connectivity index (χ3n) is 4.03. The minimum Gasteiger partial charge on any atom is -0.423 e. The van der Waals surface area contributed by atoms with E-state index in [2.05, 4.69) is 4.74 Å². The standard InChI is InChI=1S/C18H8F7NO2S/c1-3-6-26-15-8(28-18(24,25)17(26)27)5-4-7(10(15)19)9-11(20)13(22)16(29-2)14(23)12(9)21/h1,4-5H,6H2,2H3. The van der Waals surface area contributed by atoms with Crippen molar-refractivity contribution in [3.8, 4) is 29.2 Å². The number of terminal acetylenes is 1. The van der Waals surface area contributed by atoms with Gasteiger partial charge in [-0.05, 0) is 18.4 Å². The highest BCUT2D eigenvalue weighted by Gasteiger charge is 2.51. The van der Waals surface area contributed by atoms with Crippen LogP contribution in [-0.2, 0) is 4.79 Å². The van der Waals surface area contributed by atoms with Gasteiger partial charge >= 0.3 is 12.0 Å². The minimum absolute atomic E-state index is 0.135. The number of rotatable bonds is 3. The van der Waals surface area contributed by atoms with Crippen molar-refractivity contribution in [1.29, 1.82) is 0 Å². The van der Waals surface area contributed by atoms with Gasteiger partial charge in [-0.1, -0.05) is 5.92 Å². The summed E-state index contributed by atoms with van der Waals surface area (Å²) < 4.78 is 104. The SMILES string of the molecule is C#CCN1C(=O)C(F)(F)Oc2ccc(-c3c(F)c(F)c(SC)c(F)c3F)c(F)c21. The molecule has 1 amide bonds. The summed E-state index contributed by atoms with van der Waals surface area (Å²) in [5.41, 5.74) is -3.37. The van der Waals surface area contributed by atoms with E-state index in [1.165, 1.54) is 6.26 Å². The van der Waals surface area contributed by atoms with Crippen LogP contribution >= 0.6 is 11.8 Å². The fourth-order valence-electron chi connectivity index (χ4n) is 2.78. The Balaban J connectivity index is 2.32. The van der Waals surface area contributed by atoms with E-state index in [1.807, 2.05) is 5.92 Å². The van der Waals surface area contributed by atoms with Crippen LogP contribution in [0.15, 0.2) is 17.0 Å². The number of benzene rings is 2. The monoisotopic (exact) mass is 435 g/mol. The Labute approximate surface area is 163 Å². The van der Waals surface area contributed by atoms with Gasteiger partial charge in [-0.25, -0.2) is 22.0 Å². The quantitative estimate of drug-likeness (QED) is 0.303. The maximum Gasteiger partial charge on any atom is 0.483 e. The predicted octanol–water partition coefficient (Wildman–Crippen LogP) is 4.72. The first-order valence-corrected chi connectivity index (χ1v) is 8.84. The zero-order chi connectivity index (χ0) is 21.7. The predicted molar refractivity (Wildman–Crippen MR) is 90.2 cm³/mol. The van der Waals surface area contributed by atoms with E-state index in [0.29, 0.717) is 23.9 Å². The first kappa shape index (κ1) is 20.9. The molecule has 1 aliphatic heterocycles. The van der Waals surface area contributed by atoms with E-state index in [4.69, 9.17) is 6.42 Å². The number of nitrogens with zero attached hydrogens (tertiary/aromatic N) is 1. The highest BCUT2D eigenvalue weighted by atomic mass is 32.2. The molecule has 2 aromatic carbocycles. The number of anilines is 1. The van der Waals surface area contributed by atoms with Crippen LogP contribution in [0.3, 0.4) is 0 Å². The van der Waals surface area contributed by atoms with Crippen LogP contribution in [-0.4, -0.2) is 24.8 Å². The molecule has 0 N–H and O–H groups in total. The molecule has 0 saturated heterocycles. The molecule has 0 atom stereocenters. The van der Waals surface area contributed by atoms with Crippen LogP contribution in [0, 0.1) is 41.4 Å². The van der Waals surface area contributed by atoms with Crippen LogP contribution in [0.25, 0.3) is 11.1 Å². The second-order valence-electron chi connectivity index (χ2n) is 5.65. The van der Waals surface area contributed by atoms with Crippen molar-refractivity contribution in [2.75, 3.05) is 17.7 Å². The van der Waals surface area contributed by atoms with Gasteiger partial charge in [0, 0.05) is 5.56 Å². The lowest BCUT2D eigenvalue weighted by Gasteiger charge is -2.33. The molecule has 1 heterocycles. The van der Waals surface area contributed by atoms with Gasteiger partial charge in [0.1, 0.15) is 5.69 Å². The molecule has 3 rings (SSSR count). The van der Waals surface area contributed by atoms with Crippen molar-refractivity contribution in [2.45, 2.75) is 11.0 Å². The van der Waals surface area contributed by atoms with Crippen LogP contribution in [0.4, 0.5) is 36.4 Å². The summed E-state index contributed by atoms with van der Waals surface area (Å²) in [6.45, 7) is -0.829. The number of ether oxygens (including phenoxy) is 1. The van der Waals surface area contributed by atoms with E-state index in [0.717, 1.165) is 0 Å². The van der Waals surface area contributed by atoms with Gasteiger partial charge in [0.25, 0.3) is 0 Å². The highest BCUT2D eigenvalue weighted by Crippen LogP contribution is 2.45. The lowest BCUT2D eigenvalue weighted by atomic mass is 10.0. The molecule has 0 spiro atoms. The number of halogens is 7. The van der Waals surface area contributed by atoms with Gasteiger partial charge in [-0.2, -0.15) is 8.78 Å². The maximum absolute atomic E-state index is 15.1. The molecule has 0 unspecified atom stereocenters. The summed E-state index contributed by atoms with van der Waals surface area (Å²) >= 11 is 0.386. The summed E-state index contributed by atoms with van der Waals surface area (Å²) in [7, 11) is 0. The summed E-state index contributed by atoms with van der Waals surface area (Å²) in [6.07, 6.45) is 1.81. The van der Waals surface area contributed by atoms with Crippen molar-refractivity contribution in [2.24, 2.45) is 0 Å². The van der Waals surface area contributed by atoms with Gasteiger partial charge in [-0.3, -0.25) is 9.69 Å². The zero-order valence-corrected chi connectivity index (χ0v) is 15.1. The van der Waals surface area contributed by atoms with Gasteiger partial charge in [0.05, 0.1) is 17.0 Å². The molecular formula is C18H8F7NO2S. The van der Waals surface area contributed by atoms with E-state index in [9.17, 15) is 31.1 Å². The second kappa shape index (κ2) is 7.18. The molecule has 29 heavy (non-hydrogen) atoms. The smallest absolute Gasteiger partial charge is 0.423 e. The molecule has 152 valence electrons. The van der Waals surface area contributed by atoms with Crippen molar-refractivity contribution in [3.63, 3.8) is 0 Å². The van der Waals surface area contributed by atoms with E-state index in [1.54, 1.807) is 0 Å². The summed E-state index contributed by atoms with van der Waals surface area (Å²) in [5, 5.41) is 0. The first-order valence-electron chi connectivity index (χ1n) is 7.61. The van der Waals surface area contributed by atoms with Crippen molar-refractivity contribution in [3.05, 3.63) is 41.2 Å². The molecular weight excluding hydrogens is 427 g/mol. The Kier molecular flexibility index (Phi) is 5.17. The van der Waals surface area contributed by atoms with Gasteiger partial charge in [0.15, 0.2) is 34.8 Å². The summed E-state index contributed by atoms with van der Waals surface area (Å²) in [4.78, 5) is 11.0. The highest BCUT2D eigenvalue weighted by molar-refractivity contribution is 7.98. The normalized spacial score (nSPS) is 15.0. The van der Waals surface area contributed by atoms with E-state index < -0.39 is 75.1 Å². The largest absolute Gasteiger partial charge is 0.483 e. The van der Waals surface area contributed by atoms with Crippen molar-refractivity contribution >= 4 is 23.4 Å². The lowest BCUT2D eigenvalue weighted by molar-refractivity contribution is -0.192. The summed E-state index contributed by atoms with van der Waals surface area (Å²) in [6, 6.07) is 1.27. The van der Waals surface area contributed by atoms with Crippen LogP contribution < -0.4 is 9.64 Å². The van der Waals surface area contributed by atoms with E-state index >= 15 is 4.39 Å². The van der Waals surface area contributed by atoms with Gasteiger partial charge in [-0.15, -0.1) is 18.2 Å². The molecule has 3 nitrogen and oxygen atoms in total.